The first kappa shape index (κ1) is 14.6. The van der Waals surface area contributed by atoms with Gasteiger partial charge in [0.25, 0.3) is 0 Å². The van der Waals surface area contributed by atoms with E-state index in [0.29, 0.717) is 22.8 Å². The van der Waals surface area contributed by atoms with Crippen LogP contribution in [-0.4, -0.2) is 11.8 Å². The van der Waals surface area contributed by atoms with Crippen molar-refractivity contribution in [3.63, 3.8) is 0 Å². The van der Waals surface area contributed by atoms with Crippen LogP contribution >= 0.6 is 11.6 Å². The third-order valence-electron chi connectivity index (χ3n) is 3.15. The fraction of sp³-hybridized carbons (Fsp3) is 0.188. The number of nitrogen functional groups attached to an aromatic ring is 1. The van der Waals surface area contributed by atoms with Crippen molar-refractivity contribution in [3.05, 3.63) is 64.7 Å². The number of halogens is 1. The SMILES string of the molecule is CC(NCc1ccccc1Cl)C(=O)c1ccc(N)cc1. The van der Waals surface area contributed by atoms with Crippen molar-refractivity contribution < 1.29 is 4.79 Å². The molecular formula is C16H17ClN2O. The summed E-state index contributed by atoms with van der Waals surface area (Å²) < 4.78 is 0. The quantitative estimate of drug-likeness (QED) is 0.656. The fourth-order valence-corrected chi connectivity index (χ4v) is 2.10. The van der Waals surface area contributed by atoms with Crippen molar-refractivity contribution in [2.45, 2.75) is 19.5 Å². The van der Waals surface area contributed by atoms with Crippen molar-refractivity contribution in [3.8, 4) is 0 Å². The third-order valence-corrected chi connectivity index (χ3v) is 3.51. The Bertz CT molecular complexity index is 596. The van der Waals surface area contributed by atoms with Crippen LogP contribution in [0.1, 0.15) is 22.8 Å². The molecule has 104 valence electrons. The number of hydrogen-bond donors (Lipinski definition) is 2. The van der Waals surface area contributed by atoms with Gasteiger partial charge in [0.05, 0.1) is 6.04 Å². The molecule has 0 radical (unpaired) electrons. The zero-order chi connectivity index (χ0) is 14.5. The molecule has 0 aliphatic carbocycles. The molecule has 0 spiro atoms. The van der Waals surface area contributed by atoms with Gasteiger partial charge in [-0.25, -0.2) is 0 Å². The molecular weight excluding hydrogens is 272 g/mol. The molecule has 2 aromatic rings. The molecule has 0 saturated carbocycles. The first-order valence-corrected chi connectivity index (χ1v) is 6.82. The van der Waals surface area contributed by atoms with E-state index in [0.717, 1.165) is 5.56 Å². The first-order valence-electron chi connectivity index (χ1n) is 6.44. The molecule has 0 aromatic heterocycles. The number of benzene rings is 2. The predicted molar refractivity (Wildman–Crippen MR) is 82.9 cm³/mol. The minimum absolute atomic E-state index is 0.0389. The summed E-state index contributed by atoms with van der Waals surface area (Å²) in [5.74, 6) is 0.0389. The van der Waals surface area contributed by atoms with Crippen LogP contribution < -0.4 is 11.1 Å². The highest BCUT2D eigenvalue weighted by atomic mass is 35.5. The van der Waals surface area contributed by atoms with Crippen LogP contribution in [-0.2, 0) is 6.54 Å². The number of ketones is 1. The molecule has 4 heteroatoms. The summed E-state index contributed by atoms with van der Waals surface area (Å²) in [6, 6.07) is 14.2. The van der Waals surface area contributed by atoms with Crippen LogP contribution in [0.2, 0.25) is 5.02 Å². The molecule has 2 rings (SSSR count). The van der Waals surface area contributed by atoms with Gasteiger partial charge in [0.15, 0.2) is 5.78 Å². The van der Waals surface area contributed by atoms with Crippen LogP contribution in [0.4, 0.5) is 5.69 Å². The zero-order valence-electron chi connectivity index (χ0n) is 11.3. The highest BCUT2D eigenvalue weighted by Gasteiger charge is 2.14. The van der Waals surface area contributed by atoms with Gasteiger partial charge < -0.3 is 11.1 Å². The van der Waals surface area contributed by atoms with Crippen LogP contribution in [0.5, 0.6) is 0 Å². The summed E-state index contributed by atoms with van der Waals surface area (Å²) in [4.78, 5) is 12.2. The Morgan fingerprint density at radius 2 is 1.85 bits per heavy atom. The Kier molecular flexibility index (Phi) is 4.77. The third kappa shape index (κ3) is 3.59. The Labute approximate surface area is 123 Å². The number of hydrogen-bond acceptors (Lipinski definition) is 3. The Balaban J connectivity index is 1.98. The summed E-state index contributed by atoms with van der Waals surface area (Å²) in [5, 5.41) is 3.89. The predicted octanol–water partition coefficient (Wildman–Crippen LogP) is 3.28. The van der Waals surface area contributed by atoms with E-state index in [9.17, 15) is 4.79 Å². The van der Waals surface area contributed by atoms with Crippen molar-refractivity contribution in [1.82, 2.24) is 5.32 Å². The van der Waals surface area contributed by atoms with Gasteiger partial charge in [0.1, 0.15) is 0 Å². The van der Waals surface area contributed by atoms with Crippen LogP contribution in [0.3, 0.4) is 0 Å². The highest BCUT2D eigenvalue weighted by Crippen LogP contribution is 2.15. The molecule has 3 N–H and O–H groups in total. The molecule has 0 heterocycles. The Hall–Kier alpha value is -1.84. The monoisotopic (exact) mass is 288 g/mol. The van der Waals surface area contributed by atoms with E-state index in [-0.39, 0.29) is 11.8 Å². The number of Topliss-reactive ketones (excluding diaryl/α,β-unsaturated/α-hetero) is 1. The minimum atomic E-state index is -0.283. The second kappa shape index (κ2) is 6.55. The molecule has 1 atom stereocenters. The van der Waals surface area contributed by atoms with E-state index in [1.165, 1.54) is 0 Å². The summed E-state index contributed by atoms with van der Waals surface area (Å²) >= 11 is 6.08. The van der Waals surface area contributed by atoms with Gasteiger partial charge in [-0.1, -0.05) is 29.8 Å². The maximum absolute atomic E-state index is 12.2. The minimum Gasteiger partial charge on any atom is -0.399 e. The Morgan fingerprint density at radius 1 is 1.20 bits per heavy atom. The zero-order valence-corrected chi connectivity index (χ0v) is 12.0. The van der Waals surface area contributed by atoms with E-state index in [1.807, 2.05) is 31.2 Å². The molecule has 20 heavy (non-hydrogen) atoms. The van der Waals surface area contributed by atoms with Gasteiger partial charge in [-0.3, -0.25) is 4.79 Å². The van der Waals surface area contributed by atoms with Gasteiger partial charge in [-0.05, 0) is 42.8 Å². The normalized spacial score (nSPS) is 12.1. The first-order chi connectivity index (χ1) is 9.58. The van der Waals surface area contributed by atoms with Crippen LogP contribution in [0, 0.1) is 0 Å². The topological polar surface area (TPSA) is 55.1 Å². The largest absolute Gasteiger partial charge is 0.399 e. The lowest BCUT2D eigenvalue weighted by Crippen LogP contribution is -2.33. The summed E-state index contributed by atoms with van der Waals surface area (Å²) in [6.45, 7) is 2.40. The number of carbonyl (C=O) groups is 1. The summed E-state index contributed by atoms with van der Waals surface area (Å²) in [7, 11) is 0. The number of nitrogens with one attached hydrogen (secondary N) is 1. The van der Waals surface area contributed by atoms with E-state index in [1.54, 1.807) is 24.3 Å². The Morgan fingerprint density at radius 3 is 2.50 bits per heavy atom. The average molecular weight is 289 g/mol. The molecule has 0 saturated heterocycles. The molecule has 1 unspecified atom stereocenters. The van der Waals surface area contributed by atoms with Gasteiger partial charge in [-0.15, -0.1) is 0 Å². The maximum Gasteiger partial charge on any atom is 0.179 e. The second-order valence-electron chi connectivity index (χ2n) is 4.68. The molecule has 0 amide bonds. The lowest BCUT2D eigenvalue weighted by molar-refractivity contribution is 0.0950. The standard InChI is InChI=1S/C16H17ClN2O/c1-11(16(20)12-6-8-14(18)9-7-12)19-10-13-4-2-3-5-15(13)17/h2-9,11,19H,10,18H2,1H3. The van der Waals surface area contributed by atoms with E-state index >= 15 is 0 Å². The van der Waals surface area contributed by atoms with Crippen molar-refractivity contribution >= 4 is 23.1 Å². The van der Waals surface area contributed by atoms with Crippen molar-refractivity contribution in [1.29, 1.82) is 0 Å². The summed E-state index contributed by atoms with van der Waals surface area (Å²) in [5.41, 5.74) is 7.89. The molecule has 0 aliphatic heterocycles. The molecule has 2 aromatic carbocycles. The van der Waals surface area contributed by atoms with E-state index < -0.39 is 0 Å². The van der Waals surface area contributed by atoms with Gasteiger partial charge in [0.2, 0.25) is 0 Å². The lowest BCUT2D eigenvalue weighted by atomic mass is 10.0. The smallest absolute Gasteiger partial charge is 0.179 e. The maximum atomic E-state index is 12.2. The molecule has 0 fully saturated rings. The molecule has 0 aliphatic rings. The number of nitrogens with two attached hydrogens (primary N) is 1. The lowest BCUT2D eigenvalue weighted by Gasteiger charge is -2.13. The van der Waals surface area contributed by atoms with Gasteiger partial charge in [0, 0.05) is 22.8 Å². The number of carbonyl (C=O) groups excluding carboxylic acids is 1. The van der Waals surface area contributed by atoms with Crippen LogP contribution in [0.25, 0.3) is 0 Å². The second-order valence-corrected chi connectivity index (χ2v) is 5.09. The summed E-state index contributed by atoms with van der Waals surface area (Å²) in [6.07, 6.45) is 0. The molecule has 0 bridgehead atoms. The van der Waals surface area contributed by atoms with E-state index in [4.69, 9.17) is 17.3 Å². The van der Waals surface area contributed by atoms with Crippen molar-refractivity contribution in [2.24, 2.45) is 0 Å². The van der Waals surface area contributed by atoms with E-state index in [2.05, 4.69) is 5.32 Å². The number of anilines is 1. The highest BCUT2D eigenvalue weighted by molar-refractivity contribution is 6.31. The van der Waals surface area contributed by atoms with Crippen molar-refractivity contribution in [2.75, 3.05) is 5.73 Å². The van der Waals surface area contributed by atoms with Gasteiger partial charge >= 0.3 is 0 Å². The number of rotatable bonds is 5. The molecule has 3 nitrogen and oxygen atoms in total. The van der Waals surface area contributed by atoms with Gasteiger partial charge in [-0.2, -0.15) is 0 Å². The fourth-order valence-electron chi connectivity index (χ4n) is 1.89. The van der Waals surface area contributed by atoms with Crippen LogP contribution in [0.15, 0.2) is 48.5 Å². The average Bonchev–Trinajstić information content (AvgIpc) is 2.46.